The van der Waals surface area contributed by atoms with Crippen LogP contribution < -0.4 is 10.6 Å². The maximum absolute atomic E-state index is 5.90. The Bertz CT molecular complexity index is 403. The molecule has 0 spiro atoms. The van der Waals surface area contributed by atoms with E-state index in [1.54, 1.807) is 0 Å². The Morgan fingerprint density at radius 2 is 2.00 bits per heavy atom. The van der Waals surface area contributed by atoms with Gasteiger partial charge in [-0.1, -0.05) is 13.8 Å². The molecule has 0 amide bonds. The summed E-state index contributed by atoms with van der Waals surface area (Å²) in [6.45, 7) is 6.51. The van der Waals surface area contributed by atoms with Gasteiger partial charge < -0.3 is 10.6 Å². The van der Waals surface area contributed by atoms with Crippen molar-refractivity contribution in [2.45, 2.75) is 45.1 Å². The first kappa shape index (κ1) is 11.0. The smallest absolute Gasteiger partial charge is 0.244 e. The molecule has 1 saturated heterocycles. The molecule has 0 bridgehead atoms. The average molecular weight is 235 g/mol. The third kappa shape index (κ3) is 2.04. The van der Waals surface area contributed by atoms with Crippen LogP contribution in [0, 0.1) is 5.41 Å². The number of nitrogens with two attached hydrogens (primary N) is 1. The van der Waals surface area contributed by atoms with Crippen molar-refractivity contribution in [2.75, 3.05) is 18.0 Å². The van der Waals surface area contributed by atoms with Crippen molar-refractivity contribution in [1.29, 1.82) is 0 Å². The van der Waals surface area contributed by atoms with Crippen molar-refractivity contribution in [3.05, 3.63) is 5.82 Å². The van der Waals surface area contributed by atoms with E-state index in [1.165, 1.54) is 6.42 Å². The fourth-order valence-corrected chi connectivity index (χ4v) is 2.60. The Kier molecular flexibility index (Phi) is 2.40. The van der Waals surface area contributed by atoms with Crippen molar-refractivity contribution in [1.82, 2.24) is 15.2 Å². The van der Waals surface area contributed by atoms with Gasteiger partial charge in [0.25, 0.3) is 0 Å². The van der Waals surface area contributed by atoms with E-state index in [0.29, 0.717) is 17.4 Å². The van der Waals surface area contributed by atoms with Gasteiger partial charge in [-0.15, -0.1) is 5.10 Å². The summed E-state index contributed by atoms with van der Waals surface area (Å²) in [5, 5.41) is 7.44. The Labute approximate surface area is 102 Å². The minimum Gasteiger partial charge on any atom is -0.339 e. The number of aromatic nitrogens is 3. The predicted molar refractivity (Wildman–Crippen MR) is 66.9 cm³/mol. The molecule has 5 heteroatoms. The van der Waals surface area contributed by atoms with E-state index in [2.05, 4.69) is 33.9 Å². The molecule has 1 aliphatic carbocycles. The van der Waals surface area contributed by atoms with Crippen molar-refractivity contribution in [3.8, 4) is 0 Å². The largest absolute Gasteiger partial charge is 0.339 e. The number of anilines is 1. The van der Waals surface area contributed by atoms with Gasteiger partial charge in [-0.3, -0.25) is 5.10 Å². The molecule has 1 aromatic rings. The fraction of sp³-hybridized carbons (Fsp3) is 0.833. The summed E-state index contributed by atoms with van der Waals surface area (Å²) < 4.78 is 0. The molecular formula is C12H21N5. The number of rotatable bonds is 2. The zero-order valence-corrected chi connectivity index (χ0v) is 10.6. The van der Waals surface area contributed by atoms with Crippen molar-refractivity contribution >= 4 is 5.95 Å². The SMILES string of the molecule is CC1(C)CC1c1nc(N2CCC(N)CC2)n[nH]1. The lowest BCUT2D eigenvalue weighted by Gasteiger charge is -2.28. The number of hydrogen-bond acceptors (Lipinski definition) is 4. The lowest BCUT2D eigenvalue weighted by molar-refractivity contribution is 0.496. The lowest BCUT2D eigenvalue weighted by Crippen LogP contribution is -2.40. The van der Waals surface area contributed by atoms with Crippen LogP contribution in [0.25, 0.3) is 0 Å². The molecule has 1 aromatic heterocycles. The molecular weight excluding hydrogens is 214 g/mol. The predicted octanol–water partition coefficient (Wildman–Crippen LogP) is 1.25. The maximum Gasteiger partial charge on any atom is 0.244 e. The van der Waals surface area contributed by atoms with Crippen LogP contribution in [-0.2, 0) is 0 Å². The molecule has 3 rings (SSSR count). The van der Waals surface area contributed by atoms with Crippen molar-refractivity contribution < 1.29 is 0 Å². The van der Waals surface area contributed by atoms with E-state index in [1.807, 2.05) is 0 Å². The second-order valence-electron chi connectivity index (χ2n) is 6.09. The van der Waals surface area contributed by atoms with Crippen LogP contribution in [0.2, 0.25) is 0 Å². The highest BCUT2D eigenvalue weighted by atomic mass is 15.4. The minimum absolute atomic E-state index is 0.354. The van der Waals surface area contributed by atoms with E-state index in [4.69, 9.17) is 5.73 Å². The molecule has 17 heavy (non-hydrogen) atoms. The minimum atomic E-state index is 0.354. The summed E-state index contributed by atoms with van der Waals surface area (Å²) >= 11 is 0. The lowest BCUT2D eigenvalue weighted by atomic mass is 10.1. The molecule has 1 unspecified atom stereocenters. The second kappa shape index (κ2) is 3.70. The van der Waals surface area contributed by atoms with Crippen LogP contribution >= 0.6 is 0 Å². The molecule has 2 aliphatic rings. The van der Waals surface area contributed by atoms with Crippen LogP contribution in [0.15, 0.2) is 0 Å². The quantitative estimate of drug-likeness (QED) is 0.809. The number of H-pyrrole nitrogens is 1. The maximum atomic E-state index is 5.90. The third-order valence-electron chi connectivity index (χ3n) is 4.16. The van der Waals surface area contributed by atoms with E-state index >= 15 is 0 Å². The number of aromatic amines is 1. The molecule has 3 N–H and O–H groups in total. The Morgan fingerprint density at radius 1 is 1.35 bits per heavy atom. The first-order valence-electron chi connectivity index (χ1n) is 6.49. The summed E-state index contributed by atoms with van der Waals surface area (Å²) in [6, 6.07) is 0.354. The Balaban J connectivity index is 1.69. The van der Waals surface area contributed by atoms with E-state index in [9.17, 15) is 0 Å². The van der Waals surface area contributed by atoms with Crippen LogP contribution in [0.5, 0.6) is 0 Å². The summed E-state index contributed by atoms with van der Waals surface area (Å²) in [6.07, 6.45) is 3.30. The van der Waals surface area contributed by atoms with Crippen LogP contribution in [0.3, 0.4) is 0 Å². The number of piperidine rings is 1. The van der Waals surface area contributed by atoms with Gasteiger partial charge in [0.05, 0.1) is 0 Å². The standard InChI is InChI=1S/C12H21N5/c1-12(2)7-9(12)10-14-11(16-15-10)17-5-3-8(13)4-6-17/h8-9H,3-7,13H2,1-2H3,(H,14,15,16). The van der Waals surface area contributed by atoms with Gasteiger partial charge in [-0.05, 0) is 24.7 Å². The molecule has 1 aliphatic heterocycles. The van der Waals surface area contributed by atoms with Crippen molar-refractivity contribution in [2.24, 2.45) is 11.1 Å². The van der Waals surface area contributed by atoms with Gasteiger partial charge in [-0.2, -0.15) is 4.98 Å². The fourth-order valence-electron chi connectivity index (χ4n) is 2.60. The molecule has 0 radical (unpaired) electrons. The summed E-state index contributed by atoms with van der Waals surface area (Å²) in [5.41, 5.74) is 6.30. The number of hydrogen-bond donors (Lipinski definition) is 2. The van der Waals surface area contributed by atoms with Crippen LogP contribution in [0.4, 0.5) is 5.95 Å². The first-order chi connectivity index (χ1) is 8.06. The molecule has 1 saturated carbocycles. The molecule has 2 heterocycles. The number of nitrogens with zero attached hydrogens (tertiary/aromatic N) is 3. The van der Waals surface area contributed by atoms with Gasteiger partial charge >= 0.3 is 0 Å². The third-order valence-corrected chi connectivity index (χ3v) is 4.16. The average Bonchev–Trinajstić information content (AvgIpc) is 2.76. The zero-order chi connectivity index (χ0) is 12.0. The molecule has 2 fully saturated rings. The molecule has 94 valence electrons. The molecule has 1 atom stereocenters. The topological polar surface area (TPSA) is 70.8 Å². The van der Waals surface area contributed by atoms with Crippen molar-refractivity contribution in [3.63, 3.8) is 0 Å². The molecule has 5 nitrogen and oxygen atoms in total. The van der Waals surface area contributed by atoms with Gasteiger partial charge in [0, 0.05) is 25.0 Å². The first-order valence-corrected chi connectivity index (χ1v) is 6.49. The monoisotopic (exact) mass is 235 g/mol. The Hall–Kier alpha value is -1.10. The summed E-state index contributed by atoms with van der Waals surface area (Å²) in [5.74, 6) is 2.48. The highest BCUT2D eigenvalue weighted by Gasteiger charge is 2.48. The molecule has 0 aromatic carbocycles. The van der Waals surface area contributed by atoms with Gasteiger partial charge in [0.15, 0.2) is 0 Å². The van der Waals surface area contributed by atoms with E-state index < -0.39 is 0 Å². The van der Waals surface area contributed by atoms with Gasteiger partial charge in [-0.25, -0.2) is 0 Å². The van der Waals surface area contributed by atoms with E-state index in [-0.39, 0.29) is 0 Å². The normalized spacial score (nSPS) is 28.4. The highest BCUT2D eigenvalue weighted by Crippen LogP contribution is 2.57. The number of nitrogens with one attached hydrogen (secondary N) is 1. The van der Waals surface area contributed by atoms with Gasteiger partial charge in [0.1, 0.15) is 5.82 Å². The summed E-state index contributed by atoms with van der Waals surface area (Å²) in [4.78, 5) is 6.87. The second-order valence-corrected chi connectivity index (χ2v) is 6.09. The van der Waals surface area contributed by atoms with Crippen LogP contribution in [0.1, 0.15) is 44.9 Å². The Morgan fingerprint density at radius 3 is 2.59 bits per heavy atom. The zero-order valence-electron chi connectivity index (χ0n) is 10.6. The van der Waals surface area contributed by atoms with Crippen LogP contribution in [-0.4, -0.2) is 34.3 Å². The highest BCUT2D eigenvalue weighted by molar-refractivity contribution is 5.31. The van der Waals surface area contributed by atoms with E-state index in [0.717, 1.165) is 37.7 Å². The summed E-state index contributed by atoms with van der Waals surface area (Å²) in [7, 11) is 0. The van der Waals surface area contributed by atoms with Gasteiger partial charge in [0.2, 0.25) is 5.95 Å².